The number of rotatable bonds is 10. The highest BCUT2D eigenvalue weighted by atomic mass is 16.4. The van der Waals surface area contributed by atoms with Crippen LogP contribution in [0.25, 0.3) is 0 Å². The molecule has 3 amide bonds. The number of amides is 3. The first-order valence-electron chi connectivity index (χ1n) is 13.5. The summed E-state index contributed by atoms with van der Waals surface area (Å²) in [5, 5.41) is 35.4. The van der Waals surface area contributed by atoms with Crippen LogP contribution >= 0.6 is 0 Å². The number of benzene rings is 2. The molecule has 39 heavy (non-hydrogen) atoms. The van der Waals surface area contributed by atoms with Crippen LogP contribution in [0.2, 0.25) is 1.41 Å². The summed E-state index contributed by atoms with van der Waals surface area (Å²) < 4.78 is 8.01. The number of carbonyl (C=O) groups is 4. The molecule has 2 fully saturated rings. The Kier molecular flexibility index (Phi) is 8.57. The van der Waals surface area contributed by atoms with Gasteiger partial charge in [0.2, 0.25) is 17.7 Å². The third kappa shape index (κ3) is 7.26. The largest absolute Gasteiger partial charge is 0.508 e. The molecule has 2 aromatic carbocycles. The molecule has 4 atom stereocenters. The van der Waals surface area contributed by atoms with Gasteiger partial charge in [-0.05, 0) is 67.6 Å². The number of phenolic OH excluding ortho intramolecular Hbond substituents is 2. The van der Waals surface area contributed by atoms with E-state index in [9.17, 15) is 34.5 Å². The molecule has 0 aromatic heterocycles. The molecular formula is C28H34N4O7. The SMILES string of the molecule is [2H]N1CCC[C@H]1C(=O)N1CCC[C@H]1C(=O)N[C@@H](Cc1ccc(O)cc1)C(=O)N[C@@H](Cc1ccc(O)cc1)C(=O)O. The molecule has 2 aliphatic rings. The maximum Gasteiger partial charge on any atom is 0.326 e. The van der Waals surface area contributed by atoms with Crippen LogP contribution in [0.5, 0.6) is 11.5 Å². The van der Waals surface area contributed by atoms with Gasteiger partial charge in [-0.25, -0.2) is 4.79 Å². The maximum absolute atomic E-state index is 13.4. The number of hydrogen-bond acceptors (Lipinski definition) is 7. The van der Waals surface area contributed by atoms with E-state index in [4.69, 9.17) is 1.41 Å². The van der Waals surface area contributed by atoms with Crippen LogP contribution in [-0.4, -0.2) is 81.2 Å². The van der Waals surface area contributed by atoms with Crippen LogP contribution in [0.1, 0.15) is 36.8 Å². The third-order valence-corrected chi connectivity index (χ3v) is 7.11. The highest BCUT2D eigenvalue weighted by molar-refractivity contribution is 5.94. The van der Waals surface area contributed by atoms with Crippen molar-refractivity contribution in [2.24, 2.45) is 0 Å². The van der Waals surface area contributed by atoms with Crippen molar-refractivity contribution in [2.45, 2.75) is 62.7 Å². The van der Waals surface area contributed by atoms with Gasteiger partial charge in [0.15, 0.2) is 0 Å². The second kappa shape index (κ2) is 12.6. The molecule has 2 aliphatic heterocycles. The summed E-state index contributed by atoms with van der Waals surface area (Å²) in [5.74, 6) is -2.71. The van der Waals surface area contributed by atoms with Gasteiger partial charge in [0, 0.05) is 19.4 Å². The Morgan fingerprint density at radius 2 is 1.49 bits per heavy atom. The third-order valence-electron chi connectivity index (χ3n) is 7.11. The molecular weight excluding hydrogens is 504 g/mol. The van der Waals surface area contributed by atoms with Crippen LogP contribution in [0.3, 0.4) is 0 Å². The van der Waals surface area contributed by atoms with E-state index in [0.29, 0.717) is 43.5 Å². The lowest BCUT2D eigenvalue weighted by atomic mass is 10.0. The smallest absolute Gasteiger partial charge is 0.326 e. The highest BCUT2D eigenvalue weighted by Crippen LogP contribution is 2.21. The number of carbonyl (C=O) groups excluding carboxylic acids is 3. The Labute approximate surface area is 227 Å². The number of aromatic hydroxyl groups is 2. The molecule has 6 N–H and O–H groups in total. The molecule has 0 bridgehead atoms. The summed E-state index contributed by atoms with van der Waals surface area (Å²) in [5.41, 5.74) is 1.21. The van der Waals surface area contributed by atoms with E-state index in [2.05, 4.69) is 10.6 Å². The van der Waals surface area contributed by atoms with E-state index < -0.39 is 42.0 Å². The molecule has 0 radical (unpaired) electrons. The van der Waals surface area contributed by atoms with Crippen LogP contribution in [0, 0.1) is 0 Å². The molecule has 2 saturated heterocycles. The molecule has 2 aromatic rings. The van der Waals surface area contributed by atoms with Gasteiger partial charge in [0.05, 0.1) is 6.04 Å². The molecule has 4 rings (SSSR count). The van der Waals surface area contributed by atoms with E-state index in [1.165, 1.54) is 34.5 Å². The molecule has 0 unspecified atom stereocenters. The first kappa shape index (κ1) is 26.5. The van der Waals surface area contributed by atoms with E-state index >= 15 is 0 Å². The topological polar surface area (TPSA) is 168 Å². The van der Waals surface area contributed by atoms with Gasteiger partial charge in [0.1, 0.15) is 31.0 Å². The van der Waals surface area contributed by atoms with Crippen molar-refractivity contribution < 1.29 is 35.9 Å². The number of likely N-dealkylation sites (tertiary alicyclic amines) is 1. The maximum atomic E-state index is 13.4. The summed E-state index contributed by atoms with van der Waals surface area (Å²) in [7, 11) is 0. The zero-order valence-corrected chi connectivity index (χ0v) is 21.5. The predicted octanol–water partition coefficient (Wildman–Crippen LogP) is 0.680. The lowest BCUT2D eigenvalue weighted by Crippen LogP contribution is -2.57. The first-order chi connectivity index (χ1) is 19.1. The van der Waals surface area contributed by atoms with Crippen molar-refractivity contribution >= 4 is 23.7 Å². The van der Waals surface area contributed by atoms with Gasteiger partial charge >= 0.3 is 5.97 Å². The van der Waals surface area contributed by atoms with Crippen LogP contribution in [0.15, 0.2) is 48.5 Å². The van der Waals surface area contributed by atoms with Crippen LogP contribution < -0.4 is 15.9 Å². The quantitative estimate of drug-likeness (QED) is 0.256. The summed E-state index contributed by atoms with van der Waals surface area (Å²) in [6.45, 7) is 0.870. The van der Waals surface area contributed by atoms with E-state index in [-0.39, 0.29) is 30.2 Å². The van der Waals surface area contributed by atoms with E-state index in [1.807, 2.05) is 0 Å². The lowest BCUT2D eigenvalue weighted by molar-refractivity contribution is -0.143. The number of aliphatic carboxylic acids is 1. The fraction of sp³-hybridized carbons (Fsp3) is 0.429. The van der Waals surface area contributed by atoms with Crippen molar-refractivity contribution in [2.75, 3.05) is 13.1 Å². The molecule has 2 heterocycles. The molecule has 208 valence electrons. The number of nitrogens with one attached hydrogen (secondary N) is 3. The molecule has 0 spiro atoms. The number of carboxylic acid groups (broad SMARTS) is 1. The Bertz CT molecular complexity index is 1220. The van der Waals surface area contributed by atoms with Crippen molar-refractivity contribution in [3.8, 4) is 11.5 Å². The van der Waals surface area contributed by atoms with E-state index in [1.54, 1.807) is 24.3 Å². The normalized spacial score (nSPS) is 21.1. The van der Waals surface area contributed by atoms with Gasteiger partial charge in [0.25, 0.3) is 0 Å². The van der Waals surface area contributed by atoms with Gasteiger partial charge < -0.3 is 36.2 Å². The average molecular weight is 540 g/mol. The average Bonchev–Trinajstić information content (AvgIpc) is 3.59. The van der Waals surface area contributed by atoms with E-state index in [0.717, 1.165) is 6.42 Å². The minimum absolute atomic E-state index is 0.0210. The molecule has 11 nitrogen and oxygen atoms in total. The zero-order valence-electron chi connectivity index (χ0n) is 22.5. The van der Waals surface area contributed by atoms with Gasteiger partial charge in [-0.15, -0.1) is 0 Å². The molecule has 0 saturated carbocycles. The standard InChI is InChI=1S/C28H34N4O7/c33-19-9-5-17(6-10-19)15-22(25(35)31-23(28(38)39)16-18-7-11-20(34)12-8-18)30-26(36)24-4-2-14-32(24)27(37)21-3-1-13-29-21/h5-12,21-24,29,33-34H,1-4,13-16H2,(H,30,36)(H,31,35)(H,38,39)/t21-,22-,23-,24-/m0/s1/i/hD. The summed E-state index contributed by atoms with van der Waals surface area (Å²) in [6, 6.07) is 8.19. The second-order valence-electron chi connectivity index (χ2n) is 9.96. The highest BCUT2D eigenvalue weighted by Gasteiger charge is 2.39. The number of nitrogens with zero attached hydrogens (tertiary/aromatic N) is 1. The van der Waals surface area contributed by atoms with Gasteiger partial charge in [-0.1, -0.05) is 24.3 Å². The summed E-state index contributed by atoms with van der Waals surface area (Å²) in [4.78, 5) is 53.4. The number of hydrogen-bond donors (Lipinski definition) is 6. The minimum atomic E-state index is -1.30. The fourth-order valence-electron chi connectivity index (χ4n) is 5.00. The summed E-state index contributed by atoms with van der Waals surface area (Å²) >= 11 is 0. The second-order valence-corrected chi connectivity index (χ2v) is 9.96. The Hall–Kier alpha value is -4.12. The number of phenols is 2. The summed E-state index contributed by atoms with van der Waals surface area (Å²) in [6.07, 6.45) is 2.28. The van der Waals surface area contributed by atoms with Crippen molar-refractivity contribution in [1.82, 2.24) is 20.8 Å². The predicted molar refractivity (Wildman–Crippen MR) is 141 cm³/mol. The Morgan fingerprint density at radius 3 is 2.03 bits per heavy atom. The monoisotopic (exact) mass is 539 g/mol. The minimum Gasteiger partial charge on any atom is -0.508 e. The zero-order chi connectivity index (χ0) is 28.8. The van der Waals surface area contributed by atoms with Crippen molar-refractivity contribution in [1.29, 1.82) is 0 Å². The van der Waals surface area contributed by atoms with Crippen molar-refractivity contribution in [3.05, 3.63) is 59.7 Å². The van der Waals surface area contributed by atoms with Gasteiger partial charge in [-0.3, -0.25) is 14.4 Å². The first-order valence-corrected chi connectivity index (χ1v) is 13.1. The lowest BCUT2D eigenvalue weighted by Gasteiger charge is -2.28. The fourth-order valence-corrected chi connectivity index (χ4v) is 5.00. The van der Waals surface area contributed by atoms with Gasteiger partial charge in [-0.2, -0.15) is 0 Å². The van der Waals surface area contributed by atoms with Crippen molar-refractivity contribution in [3.63, 3.8) is 0 Å². The van der Waals surface area contributed by atoms with Crippen LogP contribution in [0.4, 0.5) is 0 Å². The van der Waals surface area contributed by atoms with Crippen LogP contribution in [-0.2, 0) is 32.0 Å². The Balaban J connectivity index is 1.50. The Morgan fingerprint density at radius 1 is 0.897 bits per heavy atom. The molecule has 0 aliphatic carbocycles. The molecule has 11 heteroatoms. The number of carboxylic acids is 1.